The molecule has 1 amide bonds. The van der Waals surface area contributed by atoms with E-state index in [2.05, 4.69) is 10.5 Å². The predicted molar refractivity (Wildman–Crippen MR) is 81.3 cm³/mol. The van der Waals surface area contributed by atoms with Crippen molar-refractivity contribution in [1.29, 1.82) is 0 Å². The van der Waals surface area contributed by atoms with Gasteiger partial charge in [-0.1, -0.05) is 53.2 Å². The van der Waals surface area contributed by atoms with Crippen LogP contribution in [0.15, 0.2) is 59.3 Å². The first-order chi connectivity index (χ1) is 10.7. The van der Waals surface area contributed by atoms with Gasteiger partial charge in [0.2, 0.25) is 5.88 Å². The number of benzene rings is 2. The van der Waals surface area contributed by atoms with E-state index < -0.39 is 11.7 Å². The number of anilines is 1. The summed E-state index contributed by atoms with van der Waals surface area (Å²) in [5.41, 5.74) is 1.18. The maximum Gasteiger partial charge on any atom is 0.262 e. The monoisotopic (exact) mass is 316 g/mol. The van der Waals surface area contributed by atoms with E-state index in [0.29, 0.717) is 5.56 Å². The number of amides is 1. The van der Waals surface area contributed by atoms with Gasteiger partial charge in [-0.05, 0) is 17.7 Å². The molecule has 0 aliphatic carbocycles. The summed E-state index contributed by atoms with van der Waals surface area (Å²) in [7, 11) is 0. The molecule has 0 aliphatic heterocycles. The van der Waals surface area contributed by atoms with E-state index in [1.54, 1.807) is 0 Å². The first-order valence-electron chi connectivity index (χ1n) is 6.42. The van der Waals surface area contributed by atoms with Crippen LogP contribution in [0.2, 0.25) is 5.02 Å². The molecular weight excluding hydrogens is 307 g/mol. The van der Waals surface area contributed by atoms with Crippen LogP contribution in [0.3, 0.4) is 0 Å². The summed E-state index contributed by atoms with van der Waals surface area (Å²) in [5, 5.41) is 6.19. The smallest absolute Gasteiger partial charge is 0.262 e. The average Bonchev–Trinajstić information content (AvgIpc) is 2.96. The second-order valence-electron chi connectivity index (χ2n) is 4.49. The Kier molecular flexibility index (Phi) is 3.89. The molecule has 0 fully saturated rings. The average molecular weight is 317 g/mol. The molecule has 0 aliphatic rings. The molecule has 0 unspecified atom stereocenters. The SMILES string of the molecule is O=C(Nc1oncc1-c1ccccc1)c1c(F)cccc1Cl. The lowest BCUT2D eigenvalue weighted by atomic mass is 10.1. The number of aromatic nitrogens is 1. The Hall–Kier alpha value is -2.66. The van der Waals surface area contributed by atoms with Gasteiger partial charge >= 0.3 is 0 Å². The molecule has 0 bridgehead atoms. The summed E-state index contributed by atoms with van der Waals surface area (Å²) in [6.45, 7) is 0. The van der Waals surface area contributed by atoms with Gasteiger partial charge in [-0.25, -0.2) is 4.39 Å². The zero-order chi connectivity index (χ0) is 15.5. The molecule has 1 aromatic heterocycles. The lowest BCUT2D eigenvalue weighted by Gasteiger charge is -2.06. The molecule has 6 heteroatoms. The largest absolute Gasteiger partial charge is 0.338 e. The third-order valence-corrected chi connectivity index (χ3v) is 3.39. The Labute approximate surface area is 130 Å². The normalized spacial score (nSPS) is 10.5. The number of hydrogen-bond acceptors (Lipinski definition) is 3. The highest BCUT2D eigenvalue weighted by Crippen LogP contribution is 2.28. The van der Waals surface area contributed by atoms with Crippen molar-refractivity contribution in [3.8, 4) is 11.1 Å². The second kappa shape index (κ2) is 5.99. The minimum Gasteiger partial charge on any atom is -0.338 e. The number of carbonyl (C=O) groups excluding carboxylic acids is 1. The Bertz CT molecular complexity index is 798. The van der Waals surface area contributed by atoms with Gasteiger partial charge in [-0.15, -0.1) is 0 Å². The van der Waals surface area contributed by atoms with E-state index in [9.17, 15) is 9.18 Å². The maximum atomic E-state index is 13.8. The quantitative estimate of drug-likeness (QED) is 0.779. The van der Waals surface area contributed by atoms with Crippen LogP contribution in [0.1, 0.15) is 10.4 Å². The highest BCUT2D eigenvalue weighted by Gasteiger charge is 2.19. The summed E-state index contributed by atoms with van der Waals surface area (Å²) >= 11 is 5.87. The van der Waals surface area contributed by atoms with Crippen molar-refractivity contribution in [3.05, 3.63) is 71.1 Å². The number of rotatable bonds is 3. The highest BCUT2D eigenvalue weighted by atomic mass is 35.5. The maximum absolute atomic E-state index is 13.8. The van der Waals surface area contributed by atoms with Gasteiger partial charge in [0.1, 0.15) is 5.82 Å². The van der Waals surface area contributed by atoms with Crippen LogP contribution in [0.25, 0.3) is 11.1 Å². The molecule has 4 nitrogen and oxygen atoms in total. The number of nitrogens with one attached hydrogen (secondary N) is 1. The van der Waals surface area contributed by atoms with E-state index >= 15 is 0 Å². The van der Waals surface area contributed by atoms with Gasteiger partial charge in [-0.2, -0.15) is 0 Å². The number of halogens is 2. The third kappa shape index (κ3) is 2.71. The molecule has 3 aromatic rings. The van der Waals surface area contributed by atoms with E-state index in [0.717, 1.165) is 5.56 Å². The molecule has 2 aromatic carbocycles. The van der Waals surface area contributed by atoms with E-state index in [4.69, 9.17) is 16.1 Å². The van der Waals surface area contributed by atoms with Crippen LogP contribution >= 0.6 is 11.6 Å². The summed E-state index contributed by atoms with van der Waals surface area (Å²) in [5.74, 6) is -1.27. The molecule has 0 saturated carbocycles. The highest BCUT2D eigenvalue weighted by molar-refractivity contribution is 6.34. The van der Waals surface area contributed by atoms with Gasteiger partial charge in [-0.3, -0.25) is 10.1 Å². The van der Waals surface area contributed by atoms with Gasteiger partial charge < -0.3 is 4.52 Å². The summed E-state index contributed by atoms with van der Waals surface area (Å²) in [6, 6.07) is 13.3. The Morgan fingerprint density at radius 2 is 1.91 bits per heavy atom. The van der Waals surface area contributed by atoms with Gasteiger partial charge in [0.15, 0.2) is 0 Å². The Balaban J connectivity index is 1.92. The van der Waals surface area contributed by atoms with Crippen LogP contribution in [-0.4, -0.2) is 11.1 Å². The van der Waals surface area contributed by atoms with E-state index in [1.165, 1.54) is 24.4 Å². The molecule has 0 spiro atoms. The second-order valence-corrected chi connectivity index (χ2v) is 4.89. The summed E-state index contributed by atoms with van der Waals surface area (Å²) in [4.78, 5) is 12.2. The van der Waals surface area contributed by atoms with Gasteiger partial charge in [0, 0.05) is 0 Å². The van der Waals surface area contributed by atoms with E-state index in [1.807, 2.05) is 30.3 Å². The minimum absolute atomic E-state index is 0.0262. The van der Waals surface area contributed by atoms with Crippen molar-refractivity contribution >= 4 is 23.4 Å². The van der Waals surface area contributed by atoms with Crippen molar-refractivity contribution in [3.63, 3.8) is 0 Å². The third-order valence-electron chi connectivity index (χ3n) is 3.07. The molecule has 1 heterocycles. The molecule has 3 rings (SSSR count). The Morgan fingerprint density at radius 3 is 2.64 bits per heavy atom. The fraction of sp³-hybridized carbons (Fsp3) is 0. The van der Waals surface area contributed by atoms with Crippen molar-refractivity contribution < 1.29 is 13.7 Å². The van der Waals surface area contributed by atoms with E-state index in [-0.39, 0.29) is 16.5 Å². The van der Waals surface area contributed by atoms with Crippen molar-refractivity contribution in [2.24, 2.45) is 0 Å². The predicted octanol–water partition coefficient (Wildman–Crippen LogP) is 4.39. The fourth-order valence-corrected chi connectivity index (χ4v) is 2.28. The first kappa shape index (κ1) is 14.3. The van der Waals surface area contributed by atoms with Crippen molar-refractivity contribution in [2.45, 2.75) is 0 Å². The summed E-state index contributed by atoms with van der Waals surface area (Å²) in [6.07, 6.45) is 1.48. The van der Waals surface area contributed by atoms with Gasteiger partial charge in [0.05, 0.1) is 22.3 Å². The zero-order valence-electron chi connectivity index (χ0n) is 11.2. The number of hydrogen-bond donors (Lipinski definition) is 1. The summed E-state index contributed by atoms with van der Waals surface area (Å²) < 4.78 is 18.8. The molecular formula is C16H10ClFN2O2. The fourth-order valence-electron chi connectivity index (χ4n) is 2.03. The minimum atomic E-state index is -0.703. The number of carbonyl (C=O) groups is 1. The lowest BCUT2D eigenvalue weighted by Crippen LogP contribution is -2.14. The van der Waals surface area contributed by atoms with Crippen LogP contribution in [-0.2, 0) is 0 Å². The van der Waals surface area contributed by atoms with Crippen LogP contribution in [0, 0.1) is 5.82 Å². The van der Waals surface area contributed by atoms with Crippen LogP contribution in [0.4, 0.5) is 10.3 Å². The standard InChI is InChI=1S/C16H10ClFN2O2/c17-12-7-4-8-13(18)14(12)15(21)20-16-11(9-19-22-16)10-5-2-1-3-6-10/h1-9H,(H,20,21). The van der Waals surface area contributed by atoms with Gasteiger partial charge in [0.25, 0.3) is 5.91 Å². The topological polar surface area (TPSA) is 55.1 Å². The molecule has 110 valence electrons. The molecule has 0 radical (unpaired) electrons. The molecule has 1 N–H and O–H groups in total. The Morgan fingerprint density at radius 1 is 1.14 bits per heavy atom. The van der Waals surface area contributed by atoms with Crippen LogP contribution < -0.4 is 5.32 Å². The zero-order valence-corrected chi connectivity index (χ0v) is 12.0. The first-order valence-corrected chi connectivity index (χ1v) is 6.80. The van der Waals surface area contributed by atoms with Crippen LogP contribution in [0.5, 0.6) is 0 Å². The van der Waals surface area contributed by atoms with Crippen molar-refractivity contribution in [1.82, 2.24) is 5.16 Å². The number of nitrogens with zero attached hydrogens (tertiary/aromatic N) is 1. The van der Waals surface area contributed by atoms with Crippen molar-refractivity contribution in [2.75, 3.05) is 5.32 Å². The molecule has 22 heavy (non-hydrogen) atoms. The lowest BCUT2D eigenvalue weighted by molar-refractivity contribution is 0.102. The molecule has 0 atom stereocenters. The molecule has 0 saturated heterocycles.